The lowest BCUT2D eigenvalue weighted by Gasteiger charge is -2.19. The van der Waals surface area contributed by atoms with Crippen molar-refractivity contribution in [3.8, 4) is 11.4 Å². The maximum atomic E-state index is 12.5. The van der Waals surface area contributed by atoms with Crippen LogP contribution in [0.4, 0.5) is 5.69 Å². The topological polar surface area (TPSA) is 85.8 Å². The van der Waals surface area contributed by atoms with Crippen molar-refractivity contribution in [1.82, 2.24) is 14.9 Å². The summed E-state index contributed by atoms with van der Waals surface area (Å²) in [5, 5.41) is 13.9. The molecule has 1 amide bonds. The highest BCUT2D eigenvalue weighted by atomic mass is 32.2. The van der Waals surface area contributed by atoms with Crippen LogP contribution in [0.1, 0.15) is 26.3 Å². The Labute approximate surface area is 185 Å². The summed E-state index contributed by atoms with van der Waals surface area (Å²) in [5.74, 6) is 6.84. The van der Waals surface area contributed by atoms with Crippen molar-refractivity contribution in [2.24, 2.45) is 0 Å². The predicted molar refractivity (Wildman–Crippen MR) is 128 cm³/mol. The zero-order valence-corrected chi connectivity index (χ0v) is 18.6. The number of nitrogens with zero attached hydrogens (tertiary/aromatic N) is 3. The van der Waals surface area contributed by atoms with Gasteiger partial charge >= 0.3 is 0 Å². The van der Waals surface area contributed by atoms with Crippen molar-refractivity contribution in [3.63, 3.8) is 0 Å². The fraction of sp³-hybridized carbons (Fsp3) is 0.208. The number of nitrogen functional groups attached to an aromatic ring is 1. The van der Waals surface area contributed by atoms with Crippen LogP contribution in [-0.4, -0.2) is 26.5 Å². The molecule has 7 heteroatoms. The van der Waals surface area contributed by atoms with Crippen LogP contribution in [-0.2, 0) is 10.2 Å². The van der Waals surface area contributed by atoms with Crippen LogP contribution in [0, 0.1) is 0 Å². The molecule has 31 heavy (non-hydrogen) atoms. The minimum Gasteiger partial charge on any atom is -0.335 e. The van der Waals surface area contributed by atoms with Gasteiger partial charge in [-0.05, 0) is 22.4 Å². The standard InChI is InChI=1S/C24H25N5OS/c1-24(2,3)18-13-11-17(12-14-18)22-27-28-23(29(22)25)31-15-21(30)26-20-10-6-8-16-7-4-5-9-19(16)20/h4-14H,15,25H2,1-3H3,(H,26,30). The number of nitrogens with two attached hydrogens (primary N) is 1. The first-order valence-corrected chi connectivity index (χ1v) is 11.0. The van der Waals surface area contributed by atoms with Crippen LogP contribution in [0.2, 0.25) is 0 Å². The molecule has 0 bridgehead atoms. The smallest absolute Gasteiger partial charge is 0.234 e. The number of aromatic nitrogens is 3. The van der Waals surface area contributed by atoms with Gasteiger partial charge in [-0.2, -0.15) is 0 Å². The van der Waals surface area contributed by atoms with E-state index in [9.17, 15) is 4.79 Å². The maximum absolute atomic E-state index is 12.5. The highest BCUT2D eigenvalue weighted by Crippen LogP contribution is 2.27. The fourth-order valence-electron chi connectivity index (χ4n) is 3.34. The van der Waals surface area contributed by atoms with Gasteiger partial charge in [0.25, 0.3) is 0 Å². The monoisotopic (exact) mass is 431 g/mol. The average Bonchev–Trinajstić information content (AvgIpc) is 3.12. The zero-order chi connectivity index (χ0) is 22.0. The minimum absolute atomic E-state index is 0.0768. The summed E-state index contributed by atoms with van der Waals surface area (Å²) in [6, 6.07) is 21.9. The number of rotatable bonds is 5. The minimum atomic E-state index is -0.125. The molecule has 0 saturated heterocycles. The summed E-state index contributed by atoms with van der Waals surface area (Å²) >= 11 is 1.26. The molecular weight excluding hydrogens is 406 g/mol. The second-order valence-electron chi connectivity index (χ2n) is 8.37. The average molecular weight is 432 g/mol. The van der Waals surface area contributed by atoms with E-state index in [1.165, 1.54) is 22.0 Å². The Kier molecular flexibility index (Phi) is 5.69. The molecule has 158 valence electrons. The summed E-state index contributed by atoms with van der Waals surface area (Å²) in [4.78, 5) is 12.5. The molecule has 3 N–H and O–H groups in total. The van der Waals surface area contributed by atoms with E-state index in [4.69, 9.17) is 5.84 Å². The van der Waals surface area contributed by atoms with Crippen LogP contribution in [0.5, 0.6) is 0 Å². The van der Waals surface area contributed by atoms with Crippen molar-refractivity contribution < 1.29 is 4.79 Å². The largest absolute Gasteiger partial charge is 0.335 e. The number of benzene rings is 3. The predicted octanol–water partition coefficient (Wildman–Crippen LogP) is 4.84. The van der Waals surface area contributed by atoms with Gasteiger partial charge in [-0.25, -0.2) is 4.68 Å². The first-order valence-electron chi connectivity index (χ1n) is 10.0. The third kappa shape index (κ3) is 4.56. The first-order chi connectivity index (χ1) is 14.8. The summed E-state index contributed by atoms with van der Waals surface area (Å²) in [5.41, 5.74) is 2.99. The van der Waals surface area contributed by atoms with E-state index < -0.39 is 0 Å². The Balaban J connectivity index is 1.44. The normalized spacial score (nSPS) is 11.6. The molecule has 0 spiro atoms. The van der Waals surface area contributed by atoms with Gasteiger partial charge in [0.1, 0.15) is 0 Å². The Bertz CT molecular complexity index is 1220. The van der Waals surface area contributed by atoms with Crippen LogP contribution in [0.15, 0.2) is 71.9 Å². The van der Waals surface area contributed by atoms with Crippen molar-refractivity contribution in [2.45, 2.75) is 31.3 Å². The van der Waals surface area contributed by atoms with Gasteiger partial charge in [0.15, 0.2) is 5.82 Å². The van der Waals surface area contributed by atoms with Crippen LogP contribution in [0.3, 0.4) is 0 Å². The molecule has 0 aliphatic carbocycles. The van der Waals surface area contributed by atoms with Gasteiger partial charge in [-0.1, -0.05) is 93.2 Å². The third-order valence-electron chi connectivity index (χ3n) is 5.07. The molecule has 0 aliphatic rings. The second-order valence-corrected chi connectivity index (χ2v) is 9.31. The molecule has 6 nitrogen and oxygen atoms in total. The summed E-state index contributed by atoms with van der Waals surface area (Å²) < 4.78 is 1.43. The number of carbonyl (C=O) groups is 1. The van der Waals surface area contributed by atoms with Crippen molar-refractivity contribution in [3.05, 3.63) is 72.3 Å². The summed E-state index contributed by atoms with van der Waals surface area (Å²) in [6.07, 6.45) is 0. The quantitative estimate of drug-likeness (QED) is 0.349. The van der Waals surface area contributed by atoms with Gasteiger partial charge in [-0.15, -0.1) is 10.2 Å². The highest BCUT2D eigenvalue weighted by Gasteiger charge is 2.17. The SMILES string of the molecule is CC(C)(C)c1ccc(-c2nnc(SCC(=O)Nc3cccc4ccccc34)n2N)cc1. The molecule has 1 aromatic heterocycles. The van der Waals surface area contributed by atoms with E-state index in [0.717, 1.165) is 22.0 Å². The number of fused-ring (bicyclic) bond motifs is 1. The number of anilines is 1. The van der Waals surface area contributed by atoms with E-state index in [1.807, 2.05) is 54.6 Å². The van der Waals surface area contributed by atoms with E-state index in [-0.39, 0.29) is 17.1 Å². The van der Waals surface area contributed by atoms with Crippen LogP contribution >= 0.6 is 11.8 Å². The van der Waals surface area contributed by atoms with Crippen molar-refractivity contribution in [2.75, 3.05) is 16.9 Å². The van der Waals surface area contributed by atoms with Gasteiger partial charge in [-0.3, -0.25) is 4.79 Å². The van der Waals surface area contributed by atoms with Gasteiger partial charge < -0.3 is 11.2 Å². The number of amides is 1. The van der Waals surface area contributed by atoms with Gasteiger partial charge in [0.2, 0.25) is 11.1 Å². The Morgan fingerprint density at radius 2 is 1.71 bits per heavy atom. The first kappa shape index (κ1) is 20.9. The lowest BCUT2D eigenvalue weighted by Crippen LogP contribution is -2.16. The Hall–Kier alpha value is -3.32. The van der Waals surface area contributed by atoms with Gasteiger partial charge in [0, 0.05) is 16.6 Å². The van der Waals surface area contributed by atoms with E-state index in [1.54, 1.807) is 0 Å². The Morgan fingerprint density at radius 3 is 2.45 bits per heavy atom. The summed E-state index contributed by atoms with van der Waals surface area (Å²) in [7, 11) is 0. The molecule has 4 aromatic rings. The molecule has 3 aromatic carbocycles. The van der Waals surface area contributed by atoms with Crippen LogP contribution < -0.4 is 11.2 Å². The Morgan fingerprint density at radius 1 is 1.00 bits per heavy atom. The van der Waals surface area contributed by atoms with E-state index >= 15 is 0 Å². The van der Waals surface area contributed by atoms with Crippen LogP contribution in [0.25, 0.3) is 22.2 Å². The molecule has 0 atom stereocenters. The highest BCUT2D eigenvalue weighted by molar-refractivity contribution is 7.99. The molecule has 1 heterocycles. The van der Waals surface area contributed by atoms with Crippen molar-refractivity contribution >= 4 is 34.1 Å². The number of nitrogens with one attached hydrogen (secondary N) is 1. The molecule has 0 saturated carbocycles. The second kappa shape index (κ2) is 8.43. The third-order valence-corrected chi connectivity index (χ3v) is 6.01. The summed E-state index contributed by atoms with van der Waals surface area (Å²) in [6.45, 7) is 6.52. The number of carbonyl (C=O) groups excluding carboxylic acids is 1. The lowest BCUT2D eigenvalue weighted by atomic mass is 9.87. The molecule has 0 fully saturated rings. The molecule has 0 radical (unpaired) electrons. The molecular formula is C24H25N5OS. The van der Waals surface area contributed by atoms with Gasteiger partial charge in [0.05, 0.1) is 5.75 Å². The zero-order valence-electron chi connectivity index (χ0n) is 17.8. The molecule has 0 aliphatic heterocycles. The molecule has 0 unspecified atom stereocenters. The fourth-order valence-corrected chi connectivity index (χ4v) is 4.00. The number of hydrogen-bond acceptors (Lipinski definition) is 5. The maximum Gasteiger partial charge on any atom is 0.234 e. The molecule has 4 rings (SSSR count). The number of hydrogen-bond donors (Lipinski definition) is 2. The lowest BCUT2D eigenvalue weighted by molar-refractivity contribution is -0.113. The van der Waals surface area contributed by atoms with E-state index in [2.05, 4.69) is 48.4 Å². The number of thioether (sulfide) groups is 1. The van der Waals surface area contributed by atoms with Crippen molar-refractivity contribution in [1.29, 1.82) is 0 Å². The van der Waals surface area contributed by atoms with E-state index in [0.29, 0.717) is 11.0 Å².